The second-order valence-electron chi connectivity index (χ2n) is 7.87. The minimum atomic E-state index is 0.701. The lowest BCUT2D eigenvalue weighted by atomic mass is 10.2. The molecule has 31 heavy (non-hydrogen) atoms. The Kier molecular flexibility index (Phi) is 5.76. The smallest absolute Gasteiger partial charge is 0.115 e. The molecule has 0 bridgehead atoms. The van der Waals surface area contributed by atoms with E-state index in [0.29, 0.717) is 11.4 Å². The normalized spacial score (nSPS) is 15.0. The van der Waals surface area contributed by atoms with E-state index >= 15 is 0 Å². The molecule has 0 unspecified atom stereocenters. The van der Waals surface area contributed by atoms with E-state index in [1.54, 1.807) is 0 Å². The van der Waals surface area contributed by atoms with Crippen molar-refractivity contribution in [2.24, 2.45) is 0 Å². The van der Waals surface area contributed by atoms with Gasteiger partial charge in [-0.25, -0.2) is 9.67 Å². The van der Waals surface area contributed by atoms with Crippen molar-refractivity contribution in [3.8, 4) is 5.69 Å². The zero-order chi connectivity index (χ0) is 21.2. The maximum absolute atomic E-state index is 6.19. The molecule has 1 fully saturated rings. The molecule has 4 aromatic rings. The maximum Gasteiger partial charge on any atom is 0.115 e. The van der Waals surface area contributed by atoms with Crippen molar-refractivity contribution >= 4 is 22.6 Å². The quantitative estimate of drug-likeness (QED) is 0.452. The van der Waals surface area contributed by atoms with E-state index in [1.165, 1.54) is 11.1 Å². The van der Waals surface area contributed by atoms with E-state index in [4.69, 9.17) is 21.3 Å². The summed E-state index contributed by atoms with van der Waals surface area (Å²) in [6.07, 6.45) is 2.53. The van der Waals surface area contributed by atoms with Crippen LogP contribution in [0.4, 0.5) is 0 Å². The zero-order valence-corrected chi connectivity index (χ0v) is 18.4. The fourth-order valence-corrected chi connectivity index (χ4v) is 4.48. The minimum Gasteiger partial charge on any atom is -0.379 e. The summed E-state index contributed by atoms with van der Waals surface area (Å²) in [6, 6.07) is 16.5. The van der Waals surface area contributed by atoms with Gasteiger partial charge < -0.3 is 9.30 Å². The topological polar surface area (TPSA) is 48.1 Å². The number of halogens is 1. The Bertz CT molecular complexity index is 1190. The summed E-state index contributed by atoms with van der Waals surface area (Å²) < 4.78 is 9.70. The number of morpholine rings is 1. The first-order valence-electron chi connectivity index (χ1n) is 10.8. The van der Waals surface area contributed by atoms with E-state index in [2.05, 4.69) is 39.7 Å². The molecule has 0 saturated carbocycles. The predicted molar refractivity (Wildman–Crippen MR) is 123 cm³/mol. The number of ether oxygens (including phenoxy) is 1. The van der Waals surface area contributed by atoms with Crippen molar-refractivity contribution in [2.75, 3.05) is 26.3 Å². The average Bonchev–Trinajstić information content (AvgIpc) is 3.38. The van der Waals surface area contributed by atoms with Gasteiger partial charge in [0.05, 0.1) is 35.6 Å². The van der Waals surface area contributed by atoms with Crippen LogP contribution in [0.15, 0.2) is 54.7 Å². The van der Waals surface area contributed by atoms with Gasteiger partial charge >= 0.3 is 0 Å². The molecule has 3 heterocycles. The summed E-state index contributed by atoms with van der Waals surface area (Å²) in [4.78, 5) is 7.45. The summed E-state index contributed by atoms with van der Waals surface area (Å²) in [6.45, 7) is 7.59. The van der Waals surface area contributed by atoms with E-state index < -0.39 is 0 Å². The highest BCUT2D eigenvalue weighted by molar-refractivity contribution is 6.30. The number of rotatable bonds is 6. The Morgan fingerprint density at radius 1 is 1.06 bits per heavy atom. The summed E-state index contributed by atoms with van der Waals surface area (Å²) >= 11 is 6.19. The molecule has 2 aromatic carbocycles. The van der Waals surface area contributed by atoms with Crippen LogP contribution in [0.1, 0.15) is 24.0 Å². The van der Waals surface area contributed by atoms with Crippen molar-refractivity contribution < 1.29 is 4.74 Å². The van der Waals surface area contributed by atoms with Gasteiger partial charge in [0.25, 0.3) is 0 Å². The monoisotopic (exact) mass is 435 g/mol. The van der Waals surface area contributed by atoms with Gasteiger partial charge in [-0.3, -0.25) is 4.90 Å². The van der Waals surface area contributed by atoms with Crippen LogP contribution in [-0.4, -0.2) is 50.5 Å². The van der Waals surface area contributed by atoms with Gasteiger partial charge in [-0.05, 0) is 48.9 Å². The van der Waals surface area contributed by atoms with Crippen molar-refractivity contribution in [3.63, 3.8) is 0 Å². The van der Waals surface area contributed by atoms with Crippen LogP contribution in [0.2, 0.25) is 5.02 Å². The molecular formula is C24H26ClN5O. The number of nitrogens with zero attached hydrogens (tertiary/aromatic N) is 5. The van der Waals surface area contributed by atoms with Gasteiger partial charge in [0, 0.05) is 43.8 Å². The average molecular weight is 436 g/mol. The number of aryl methyl sites for hydroxylation is 1. The van der Waals surface area contributed by atoms with E-state index in [-0.39, 0.29) is 0 Å². The van der Waals surface area contributed by atoms with Crippen LogP contribution in [0.3, 0.4) is 0 Å². The molecule has 0 aliphatic carbocycles. The van der Waals surface area contributed by atoms with Gasteiger partial charge in [-0.1, -0.05) is 23.7 Å². The fraction of sp³-hybridized carbons (Fsp3) is 0.333. The van der Waals surface area contributed by atoms with Crippen LogP contribution < -0.4 is 0 Å². The lowest BCUT2D eigenvalue weighted by Crippen LogP contribution is -2.35. The standard InChI is InChI=1S/C24H26ClN5O/c1-2-29-23-7-6-18(17-28-10-12-31-13-11-28)14-22(23)27-24(29)16-21-8-9-26-30(21)20-5-3-4-19(25)15-20/h3-9,14-15H,2,10-13,16-17H2,1H3. The lowest BCUT2D eigenvalue weighted by molar-refractivity contribution is 0.0342. The minimum absolute atomic E-state index is 0.701. The number of hydrogen-bond acceptors (Lipinski definition) is 4. The van der Waals surface area contributed by atoms with Gasteiger partial charge in [-0.15, -0.1) is 0 Å². The van der Waals surface area contributed by atoms with Crippen molar-refractivity contribution in [3.05, 3.63) is 76.8 Å². The molecule has 0 spiro atoms. The molecule has 1 aliphatic heterocycles. The Balaban J connectivity index is 1.44. The molecule has 0 N–H and O–H groups in total. The summed E-state index contributed by atoms with van der Waals surface area (Å²) in [5.41, 5.74) is 5.57. The molecule has 2 aromatic heterocycles. The second-order valence-corrected chi connectivity index (χ2v) is 8.31. The molecule has 1 aliphatic rings. The molecule has 5 rings (SSSR count). The zero-order valence-electron chi connectivity index (χ0n) is 17.7. The maximum atomic E-state index is 6.19. The lowest BCUT2D eigenvalue weighted by Gasteiger charge is -2.26. The molecule has 1 saturated heterocycles. The third kappa shape index (κ3) is 4.24. The Morgan fingerprint density at radius 3 is 2.74 bits per heavy atom. The van der Waals surface area contributed by atoms with E-state index in [9.17, 15) is 0 Å². The molecule has 0 atom stereocenters. The van der Waals surface area contributed by atoms with Gasteiger partial charge in [0.15, 0.2) is 0 Å². The third-order valence-electron chi connectivity index (χ3n) is 5.83. The highest BCUT2D eigenvalue weighted by atomic mass is 35.5. The number of aromatic nitrogens is 4. The Labute approximate surface area is 187 Å². The van der Waals surface area contributed by atoms with Gasteiger partial charge in [-0.2, -0.15) is 5.10 Å². The third-order valence-corrected chi connectivity index (χ3v) is 6.07. The molecule has 7 heteroatoms. The largest absolute Gasteiger partial charge is 0.379 e. The highest BCUT2D eigenvalue weighted by Crippen LogP contribution is 2.23. The van der Waals surface area contributed by atoms with Gasteiger partial charge in [0.1, 0.15) is 5.82 Å². The van der Waals surface area contributed by atoms with Crippen molar-refractivity contribution in [1.82, 2.24) is 24.2 Å². The van der Waals surface area contributed by atoms with Crippen LogP contribution in [0, 0.1) is 0 Å². The number of imidazole rings is 1. The van der Waals surface area contributed by atoms with Crippen molar-refractivity contribution in [2.45, 2.75) is 26.4 Å². The van der Waals surface area contributed by atoms with Crippen LogP contribution in [0.5, 0.6) is 0 Å². The SMILES string of the molecule is CCn1c(Cc2ccnn2-c2cccc(Cl)c2)nc2cc(CN3CCOCC3)ccc21. The van der Waals surface area contributed by atoms with E-state index in [0.717, 1.165) is 62.1 Å². The molecule has 6 nitrogen and oxygen atoms in total. The second kappa shape index (κ2) is 8.83. The Hall–Kier alpha value is -2.67. The van der Waals surface area contributed by atoms with Crippen LogP contribution in [0.25, 0.3) is 16.7 Å². The van der Waals surface area contributed by atoms with Gasteiger partial charge in [0.2, 0.25) is 0 Å². The molecular weight excluding hydrogens is 410 g/mol. The fourth-order valence-electron chi connectivity index (χ4n) is 4.30. The van der Waals surface area contributed by atoms with E-state index in [1.807, 2.05) is 41.2 Å². The number of benzene rings is 2. The van der Waals surface area contributed by atoms with Crippen LogP contribution >= 0.6 is 11.6 Å². The first kappa shape index (κ1) is 20.2. The first-order valence-corrected chi connectivity index (χ1v) is 11.2. The molecule has 160 valence electrons. The summed E-state index contributed by atoms with van der Waals surface area (Å²) in [5, 5.41) is 5.22. The first-order chi connectivity index (χ1) is 15.2. The number of fused-ring (bicyclic) bond motifs is 1. The highest BCUT2D eigenvalue weighted by Gasteiger charge is 2.16. The number of hydrogen-bond donors (Lipinski definition) is 0. The van der Waals surface area contributed by atoms with Crippen molar-refractivity contribution in [1.29, 1.82) is 0 Å². The molecule has 0 radical (unpaired) electrons. The Morgan fingerprint density at radius 2 is 1.94 bits per heavy atom. The predicted octanol–water partition coefficient (Wildman–Crippen LogP) is 4.32. The summed E-state index contributed by atoms with van der Waals surface area (Å²) in [7, 11) is 0. The molecule has 0 amide bonds. The summed E-state index contributed by atoms with van der Waals surface area (Å²) in [5.74, 6) is 1.05. The van der Waals surface area contributed by atoms with Crippen LogP contribution in [-0.2, 0) is 24.2 Å².